The van der Waals surface area contributed by atoms with E-state index in [9.17, 15) is 13.2 Å². The van der Waals surface area contributed by atoms with Gasteiger partial charge in [0.1, 0.15) is 5.69 Å². The van der Waals surface area contributed by atoms with E-state index in [0.717, 1.165) is 31.9 Å². The molecule has 2 fully saturated rings. The lowest BCUT2D eigenvalue weighted by Crippen LogP contribution is -2.47. The number of aromatic nitrogens is 2. The van der Waals surface area contributed by atoms with Gasteiger partial charge in [-0.15, -0.1) is 0 Å². The van der Waals surface area contributed by atoms with Crippen molar-refractivity contribution in [3.05, 3.63) is 24.3 Å². The molecule has 3 rings (SSSR count). The lowest BCUT2D eigenvalue weighted by atomic mass is 9.90. The van der Waals surface area contributed by atoms with Crippen LogP contribution in [0.1, 0.15) is 36.2 Å². The van der Waals surface area contributed by atoms with Gasteiger partial charge in [-0.05, 0) is 25.7 Å². The maximum absolute atomic E-state index is 12.5. The number of amides is 1. The molecule has 9 heteroatoms. The van der Waals surface area contributed by atoms with E-state index in [1.807, 2.05) is 0 Å². The Hall–Kier alpha value is -1.58. The fraction of sp³-hybridized carbons (Fsp3) is 0.667. The minimum absolute atomic E-state index is 0.139. The summed E-state index contributed by atoms with van der Waals surface area (Å²) in [6.07, 6.45) is 8.91. The number of carbonyl (C=O) groups is 1. The SMILES string of the molecule is CS(=O)(=O)NC[C@@H]1CCC[C@]2(CCN(C(=O)c3cnccn3)C2)O1. The summed E-state index contributed by atoms with van der Waals surface area (Å²) in [7, 11) is -3.23. The zero-order valence-corrected chi connectivity index (χ0v) is 14.5. The molecule has 1 spiro atoms. The van der Waals surface area contributed by atoms with Gasteiger partial charge < -0.3 is 9.64 Å². The van der Waals surface area contributed by atoms with Crippen molar-refractivity contribution in [3.8, 4) is 0 Å². The van der Waals surface area contributed by atoms with E-state index in [0.29, 0.717) is 18.8 Å². The molecular weight excluding hydrogens is 332 g/mol. The number of rotatable bonds is 4. The number of ether oxygens (including phenoxy) is 1. The largest absolute Gasteiger partial charge is 0.368 e. The molecule has 0 aromatic carbocycles. The summed E-state index contributed by atoms with van der Waals surface area (Å²) in [6.45, 7) is 1.40. The minimum atomic E-state index is -3.23. The van der Waals surface area contributed by atoms with Gasteiger partial charge in [-0.2, -0.15) is 0 Å². The third kappa shape index (κ3) is 4.08. The molecule has 132 valence electrons. The normalized spacial score (nSPS) is 27.5. The van der Waals surface area contributed by atoms with Crippen LogP contribution in [0.5, 0.6) is 0 Å². The number of sulfonamides is 1. The van der Waals surface area contributed by atoms with Crippen LogP contribution in [0.4, 0.5) is 0 Å². The second-order valence-corrected chi connectivity index (χ2v) is 8.34. The maximum Gasteiger partial charge on any atom is 0.274 e. The number of nitrogens with zero attached hydrogens (tertiary/aromatic N) is 3. The van der Waals surface area contributed by atoms with Crippen molar-refractivity contribution >= 4 is 15.9 Å². The van der Waals surface area contributed by atoms with Gasteiger partial charge >= 0.3 is 0 Å². The van der Waals surface area contributed by atoms with E-state index in [1.54, 1.807) is 4.90 Å². The van der Waals surface area contributed by atoms with Gasteiger partial charge in [-0.1, -0.05) is 0 Å². The Bertz CT molecular complexity index is 697. The third-order valence-electron chi connectivity index (χ3n) is 4.53. The van der Waals surface area contributed by atoms with Crippen LogP contribution in [0.3, 0.4) is 0 Å². The molecule has 1 aromatic heterocycles. The molecule has 8 nitrogen and oxygen atoms in total. The molecule has 2 saturated heterocycles. The van der Waals surface area contributed by atoms with Gasteiger partial charge in [0, 0.05) is 25.5 Å². The molecule has 0 aliphatic carbocycles. The molecule has 2 aliphatic heterocycles. The van der Waals surface area contributed by atoms with Crippen LogP contribution >= 0.6 is 0 Å². The summed E-state index contributed by atoms with van der Waals surface area (Å²) in [5.41, 5.74) is -0.0411. The number of hydrogen-bond donors (Lipinski definition) is 1. The van der Waals surface area contributed by atoms with Crippen molar-refractivity contribution in [1.82, 2.24) is 19.6 Å². The first-order valence-electron chi connectivity index (χ1n) is 8.05. The van der Waals surface area contributed by atoms with E-state index >= 15 is 0 Å². The predicted molar refractivity (Wildman–Crippen MR) is 86.9 cm³/mol. The van der Waals surface area contributed by atoms with Crippen molar-refractivity contribution < 1.29 is 17.9 Å². The summed E-state index contributed by atoms with van der Waals surface area (Å²) < 4.78 is 31.2. The number of hydrogen-bond acceptors (Lipinski definition) is 6. The molecule has 0 radical (unpaired) electrons. The molecule has 1 aromatic rings. The molecular formula is C15H22N4O4S. The molecule has 0 unspecified atom stereocenters. The molecule has 0 bridgehead atoms. The summed E-state index contributed by atoms with van der Waals surface area (Å²) in [4.78, 5) is 22.2. The monoisotopic (exact) mass is 354 g/mol. The zero-order chi connectivity index (χ0) is 17.2. The van der Waals surface area contributed by atoms with Crippen molar-refractivity contribution in [2.45, 2.75) is 37.4 Å². The Balaban J connectivity index is 1.62. The van der Waals surface area contributed by atoms with E-state index in [2.05, 4.69) is 14.7 Å². The van der Waals surface area contributed by atoms with Gasteiger partial charge in [-0.25, -0.2) is 18.1 Å². The quantitative estimate of drug-likeness (QED) is 0.828. The first kappa shape index (κ1) is 17.2. The molecule has 24 heavy (non-hydrogen) atoms. The summed E-state index contributed by atoms with van der Waals surface area (Å²) in [5, 5.41) is 0. The van der Waals surface area contributed by atoms with Crippen LogP contribution < -0.4 is 4.72 Å². The Kier molecular flexibility index (Phi) is 4.84. The smallest absolute Gasteiger partial charge is 0.274 e. The maximum atomic E-state index is 12.5. The van der Waals surface area contributed by atoms with Crippen molar-refractivity contribution in [2.75, 3.05) is 25.9 Å². The Labute approximate surface area is 141 Å². The number of nitrogens with one attached hydrogen (secondary N) is 1. The van der Waals surface area contributed by atoms with Gasteiger partial charge in [0.25, 0.3) is 5.91 Å². The highest BCUT2D eigenvalue weighted by Gasteiger charge is 2.44. The van der Waals surface area contributed by atoms with Crippen LogP contribution in [0.2, 0.25) is 0 Å². The summed E-state index contributed by atoms with van der Waals surface area (Å²) >= 11 is 0. The van der Waals surface area contributed by atoms with Crippen LogP contribution in [0, 0.1) is 0 Å². The summed E-state index contributed by atoms with van der Waals surface area (Å²) in [5.74, 6) is -0.139. The van der Waals surface area contributed by atoms with Gasteiger partial charge in [-0.3, -0.25) is 9.78 Å². The highest BCUT2D eigenvalue weighted by Crippen LogP contribution is 2.36. The third-order valence-corrected chi connectivity index (χ3v) is 5.23. The average molecular weight is 354 g/mol. The van der Waals surface area contributed by atoms with Crippen molar-refractivity contribution in [3.63, 3.8) is 0 Å². The summed E-state index contributed by atoms with van der Waals surface area (Å²) in [6, 6.07) is 0. The highest BCUT2D eigenvalue weighted by atomic mass is 32.2. The Morgan fingerprint density at radius 2 is 2.29 bits per heavy atom. The van der Waals surface area contributed by atoms with E-state index in [1.165, 1.54) is 18.6 Å². The molecule has 1 N–H and O–H groups in total. The fourth-order valence-electron chi connectivity index (χ4n) is 3.40. The van der Waals surface area contributed by atoms with Gasteiger partial charge in [0.15, 0.2) is 0 Å². The average Bonchev–Trinajstić information content (AvgIpc) is 2.96. The number of carbonyl (C=O) groups excluding carboxylic acids is 1. The van der Waals surface area contributed by atoms with Crippen molar-refractivity contribution in [2.24, 2.45) is 0 Å². The second-order valence-electron chi connectivity index (χ2n) is 6.50. The standard InChI is InChI=1S/C15H22N4O4S/c1-24(21,22)18-9-12-3-2-4-15(23-12)5-8-19(11-15)14(20)13-10-16-6-7-17-13/h6-7,10,12,18H,2-5,8-9,11H2,1H3/t12-,15+/m0/s1. The van der Waals surface area contributed by atoms with E-state index < -0.39 is 10.0 Å². The molecule has 2 aliphatic rings. The van der Waals surface area contributed by atoms with Gasteiger partial charge in [0.05, 0.1) is 30.7 Å². The highest BCUT2D eigenvalue weighted by molar-refractivity contribution is 7.88. The fourth-order valence-corrected chi connectivity index (χ4v) is 3.89. The Morgan fingerprint density at radius 3 is 3.00 bits per heavy atom. The van der Waals surface area contributed by atoms with E-state index in [-0.39, 0.29) is 24.2 Å². The first-order valence-corrected chi connectivity index (χ1v) is 9.94. The lowest BCUT2D eigenvalue weighted by molar-refractivity contribution is -0.116. The Morgan fingerprint density at radius 1 is 1.46 bits per heavy atom. The minimum Gasteiger partial charge on any atom is -0.368 e. The van der Waals surface area contributed by atoms with Crippen molar-refractivity contribution in [1.29, 1.82) is 0 Å². The molecule has 1 amide bonds. The first-order chi connectivity index (χ1) is 11.4. The lowest BCUT2D eigenvalue weighted by Gasteiger charge is -2.38. The zero-order valence-electron chi connectivity index (χ0n) is 13.6. The number of likely N-dealkylation sites (tertiary alicyclic amines) is 1. The second kappa shape index (κ2) is 6.73. The van der Waals surface area contributed by atoms with Crippen LogP contribution in [0.15, 0.2) is 18.6 Å². The predicted octanol–water partition coefficient (Wildman–Crippen LogP) is 0.180. The van der Waals surface area contributed by atoms with Crippen LogP contribution in [-0.2, 0) is 14.8 Å². The molecule has 0 saturated carbocycles. The van der Waals surface area contributed by atoms with Crippen LogP contribution in [0.25, 0.3) is 0 Å². The molecule has 2 atom stereocenters. The van der Waals surface area contributed by atoms with Gasteiger partial charge in [0.2, 0.25) is 10.0 Å². The van der Waals surface area contributed by atoms with E-state index in [4.69, 9.17) is 4.74 Å². The molecule has 3 heterocycles. The van der Waals surface area contributed by atoms with Crippen LogP contribution in [-0.4, -0.2) is 66.8 Å². The topological polar surface area (TPSA) is 101 Å².